The van der Waals surface area contributed by atoms with Gasteiger partial charge in [0.1, 0.15) is 0 Å². The zero-order chi connectivity index (χ0) is 13.9. The minimum absolute atomic E-state index is 0. The second kappa shape index (κ2) is 8.82. The Morgan fingerprint density at radius 1 is 0.524 bits per heavy atom. The Labute approximate surface area is 158 Å². The van der Waals surface area contributed by atoms with Crippen LogP contribution in [0.25, 0.3) is 0 Å². The molecule has 0 unspecified atom stereocenters. The molecule has 3 aliphatic rings. The van der Waals surface area contributed by atoms with Crippen LogP contribution in [0, 0.1) is 42.4 Å². The van der Waals surface area contributed by atoms with Gasteiger partial charge in [-0.2, -0.15) is 5.92 Å². The van der Waals surface area contributed by atoms with Crippen LogP contribution in [0.15, 0.2) is 0 Å². The molecule has 1 heteroatoms. The summed E-state index contributed by atoms with van der Waals surface area (Å²) < 4.78 is 0. The van der Waals surface area contributed by atoms with Gasteiger partial charge in [0, 0.05) is 0 Å². The maximum Gasteiger partial charge on any atom is 3.00 e. The fraction of sp³-hybridized carbons (Fsp3) is 0.950. The minimum atomic E-state index is 0. The molecule has 116 valence electrons. The average Bonchev–Trinajstić information content (AvgIpc) is 2.49. The van der Waals surface area contributed by atoms with E-state index in [2.05, 4.69) is 13.8 Å². The molecular formula is C20H35Y+2. The van der Waals surface area contributed by atoms with E-state index in [4.69, 9.17) is 0 Å². The Kier molecular flexibility index (Phi) is 7.74. The van der Waals surface area contributed by atoms with Gasteiger partial charge in [-0.3, -0.25) is 0 Å². The van der Waals surface area contributed by atoms with E-state index in [0.29, 0.717) is 0 Å². The van der Waals surface area contributed by atoms with Crippen LogP contribution in [0.5, 0.6) is 0 Å². The average molecular weight is 364 g/mol. The summed E-state index contributed by atoms with van der Waals surface area (Å²) in [4.78, 5) is 0. The van der Waals surface area contributed by atoms with Crippen molar-refractivity contribution in [2.75, 3.05) is 0 Å². The largest absolute Gasteiger partial charge is 3.00 e. The molecule has 3 fully saturated rings. The minimum Gasteiger partial charge on any atom is -0.340 e. The van der Waals surface area contributed by atoms with E-state index in [1.165, 1.54) is 38.5 Å². The molecule has 21 heavy (non-hydrogen) atoms. The molecule has 0 N–H and O–H groups in total. The molecule has 0 aromatic carbocycles. The molecular weight excluding hydrogens is 329 g/mol. The van der Waals surface area contributed by atoms with Crippen molar-refractivity contribution in [3.63, 3.8) is 0 Å². The van der Waals surface area contributed by atoms with E-state index in [9.17, 15) is 0 Å². The Morgan fingerprint density at radius 2 is 0.810 bits per heavy atom. The van der Waals surface area contributed by atoms with Gasteiger partial charge in [-0.1, -0.05) is 45.4 Å². The fourth-order valence-electron chi connectivity index (χ4n) is 5.50. The zero-order valence-corrected chi connectivity index (χ0v) is 17.1. The topological polar surface area (TPSA) is 0 Å². The van der Waals surface area contributed by atoms with Gasteiger partial charge in [-0.05, 0) is 68.1 Å². The molecule has 0 aromatic heterocycles. The molecule has 0 aliphatic heterocycles. The Balaban J connectivity index is 0.00000161. The molecule has 0 spiro atoms. The van der Waals surface area contributed by atoms with Crippen LogP contribution >= 0.6 is 0 Å². The first kappa shape index (κ1) is 18.4. The smallest absolute Gasteiger partial charge is 0.340 e. The Bertz CT molecular complexity index is 246. The summed E-state index contributed by atoms with van der Waals surface area (Å²) in [5, 5.41) is 0. The van der Waals surface area contributed by atoms with Crippen molar-refractivity contribution in [2.45, 2.75) is 84.0 Å². The van der Waals surface area contributed by atoms with Gasteiger partial charge < -0.3 is 6.92 Å². The van der Waals surface area contributed by atoms with E-state index >= 15 is 0 Å². The second-order valence-electron chi connectivity index (χ2n) is 8.48. The SMILES string of the molecule is [CH2-]C1CCC(C2CCC(C3CCC(C)CC3)CC2)CC1.[Y+3]. The van der Waals surface area contributed by atoms with E-state index in [1.807, 2.05) is 0 Å². The molecule has 0 amide bonds. The second-order valence-corrected chi connectivity index (χ2v) is 8.48. The molecule has 0 nitrogen and oxygen atoms in total. The summed E-state index contributed by atoms with van der Waals surface area (Å²) >= 11 is 0. The quantitative estimate of drug-likeness (QED) is 0.508. The van der Waals surface area contributed by atoms with Crippen molar-refractivity contribution >= 4 is 0 Å². The first-order valence-corrected chi connectivity index (χ1v) is 9.55. The predicted molar refractivity (Wildman–Crippen MR) is 87.4 cm³/mol. The van der Waals surface area contributed by atoms with Crippen LogP contribution < -0.4 is 0 Å². The van der Waals surface area contributed by atoms with Gasteiger partial charge in [0.15, 0.2) is 0 Å². The van der Waals surface area contributed by atoms with E-state index in [-0.39, 0.29) is 32.7 Å². The third-order valence-corrected chi connectivity index (χ3v) is 7.10. The summed E-state index contributed by atoms with van der Waals surface area (Å²) in [6, 6.07) is 0. The van der Waals surface area contributed by atoms with Crippen molar-refractivity contribution in [1.82, 2.24) is 0 Å². The Hall–Kier alpha value is 1.10. The van der Waals surface area contributed by atoms with E-state index in [1.54, 1.807) is 38.5 Å². The number of rotatable bonds is 2. The predicted octanol–water partition coefficient (Wildman–Crippen LogP) is 6.26. The summed E-state index contributed by atoms with van der Waals surface area (Å²) in [5.41, 5.74) is 0. The van der Waals surface area contributed by atoms with Gasteiger partial charge in [-0.25, -0.2) is 0 Å². The Morgan fingerprint density at radius 3 is 1.19 bits per heavy atom. The molecule has 3 saturated carbocycles. The first-order valence-electron chi connectivity index (χ1n) is 9.55. The molecule has 3 rings (SSSR count). The zero-order valence-electron chi connectivity index (χ0n) is 14.2. The van der Waals surface area contributed by atoms with E-state index < -0.39 is 0 Å². The maximum atomic E-state index is 4.26. The van der Waals surface area contributed by atoms with Gasteiger partial charge in [0.2, 0.25) is 0 Å². The molecule has 0 aromatic rings. The van der Waals surface area contributed by atoms with Crippen LogP contribution in [0.1, 0.15) is 84.0 Å². The van der Waals surface area contributed by atoms with Gasteiger partial charge >= 0.3 is 32.7 Å². The molecule has 0 atom stereocenters. The summed E-state index contributed by atoms with van der Waals surface area (Å²) in [7, 11) is 0. The number of hydrogen-bond donors (Lipinski definition) is 0. The van der Waals surface area contributed by atoms with Crippen molar-refractivity contribution in [1.29, 1.82) is 0 Å². The number of hydrogen-bond acceptors (Lipinski definition) is 0. The summed E-state index contributed by atoms with van der Waals surface area (Å²) in [6.45, 7) is 6.71. The van der Waals surface area contributed by atoms with Crippen LogP contribution in [0.3, 0.4) is 0 Å². The third kappa shape index (κ3) is 5.04. The van der Waals surface area contributed by atoms with Crippen LogP contribution in [0.2, 0.25) is 0 Å². The standard InChI is InChI=1S/C20H35.Y/c1-15-3-7-17(8-4-15)19-11-13-20(14-12-19)18-9-5-16(2)6-10-18;/h15-20H,1,3-14H2,2H3;/q-1;+3. The molecule has 0 radical (unpaired) electrons. The van der Waals surface area contributed by atoms with Gasteiger partial charge in [-0.15, -0.1) is 0 Å². The van der Waals surface area contributed by atoms with Gasteiger partial charge in [0.05, 0.1) is 0 Å². The molecule has 3 aliphatic carbocycles. The van der Waals surface area contributed by atoms with Crippen LogP contribution in [-0.4, -0.2) is 0 Å². The van der Waals surface area contributed by atoms with Crippen molar-refractivity contribution in [3.05, 3.63) is 6.92 Å². The molecule has 0 heterocycles. The third-order valence-electron chi connectivity index (χ3n) is 7.10. The molecule has 0 saturated heterocycles. The van der Waals surface area contributed by atoms with Crippen molar-refractivity contribution < 1.29 is 32.7 Å². The molecule has 0 bridgehead atoms. The van der Waals surface area contributed by atoms with Crippen LogP contribution in [-0.2, 0) is 32.7 Å². The summed E-state index contributed by atoms with van der Waals surface area (Å²) in [5.74, 6) is 6.14. The van der Waals surface area contributed by atoms with Crippen LogP contribution in [0.4, 0.5) is 0 Å². The monoisotopic (exact) mass is 364 g/mol. The van der Waals surface area contributed by atoms with Crippen molar-refractivity contribution in [3.8, 4) is 0 Å². The summed E-state index contributed by atoms with van der Waals surface area (Å²) in [6.07, 6.45) is 18.2. The first-order chi connectivity index (χ1) is 9.72. The normalized spacial score (nSPS) is 44.9. The van der Waals surface area contributed by atoms with E-state index in [0.717, 1.165) is 35.5 Å². The fourth-order valence-corrected chi connectivity index (χ4v) is 5.50. The van der Waals surface area contributed by atoms with Gasteiger partial charge in [0.25, 0.3) is 0 Å². The van der Waals surface area contributed by atoms with Crippen molar-refractivity contribution in [2.24, 2.45) is 35.5 Å². The maximum absolute atomic E-state index is 4.26.